The average Bonchev–Trinajstić information content (AvgIpc) is 2.52. The minimum Gasteiger partial charge on any atom is -0.508 e. The third kappa shape index (κ3) is 7.29. The summed E-state index contributed by atoms with van der Waals surface area (Å²) in [6.45, 7) is 1.42. The fourth-order valence-electron chi connectivity index (χ4n) is 2.20. The second-order valence-electron chi connectivity index (χ2n) is 6.27. The fraction of sp³-hybridized carbons (Fsp3) is 0.294. The molecule has 1 atom stereocenters. The number of halogens is 1. The predicted octanol–water partition coefficient (Wildman–Crippen LogP) is 3.96. The summed E-state index contributed by atoms with van der Waals surface area (Å²) in [6, 6.07) is 12.6. The molecular weight excluding hydrogens is 397 g/mol. The van der Waals surface area contributed by atoms with Gasteiger partial charge in [-0.25, -0.2) is 4.57 Å². The molecule has 26 heavy (non-hydrogen) atoms. The maximum Gasteiger partial charge on any atom is 0.469 e. The van der Waals surface area contributed by atoms with Crippen LogP contribution in [-0.2, 0) is 15.5 Å². The van der Waals surface area contributed by atoms with Crippen LogP contribution in [0.2, 0.25) is 5.02 Å². The highest BCUT2D eigenvalue weighted by Crippen LogP contribution is 2.37. The van der Waals surface area contributed by atoms with Gasteiger partial charge in [0.15, 0.2) is 0 Å². The number of nitrogens with two attached hydrogens (primary N) is 1. The zero-order valence-electron chi connectivity index (χ0n) is 14.1. The molecule has 0 aliphatic rings. The molecule has 0 amide bonds. The van der Waals surface area contributed by atoms with Gasteiger partial charge in [0.1, 0.15) is 5.75 Å². The Balaban J connectivity index is 1.97. The smallest absolute Gasteiger partial charge is 0.469 e. The summed E-state index contributed by atoms with van der Waals surface area (Å²) in [4.78, 5) is 19.4. The Kier molecular flexibility index (Phi) is 7.16. The molecule has 9 heteroatoms. The van der Waals surface area contributed by atoms with Crippen molar-refractivity contribution in [1.82, 2.24) is 0 Å². The quantitative estimate of drug-likeness (QED) is 0.481. The van der Waals surface area contributed by atoms with E-state index >= 15 is 0 Å². The van der Waals surface area contributed by atoms with E-state index in [0.29, 0.717) is 17.9 Å². The van der Waals surface area contributed by atoms with Gasteiger partial charge in [0.2, 0.25) is 0 Å². The summed E-state index contributed by atoms with van der Waals surface area (Å²) in [6.07, 6.45) is 0.999. The third-order valence-corrected chi connectivity index (χ3v) is 5.40. The topological polar surface area (TPSA) is 113 Å². The number of aromatic hydroxyl groups is 1. The monoisotopic (exact) mass is 417 g/mol. The van der Waals surface area contributed by atoms with Crippen LogP contribution >= 0.6 is 31.2 Å². The molecule has 0 spiro atoms. The molecule has 0 aliphatic heterocycles. The highest BCUT2D eigenvalue weighted by atomic mass is 35.5. The molecule has 0 fully saturated rings. The summed E-state index contributed by atoms with van der Waals surface area (Å²) in [5.74, 6) is 0.206. The third-order valence-electron chi connectivity index (χ3n) is 3.61. The van der Waals surface area contributed by atoms with Gasteiger partial charge in [-0.15, -0.1) is 0 Å². The maximum absolute atomic E-state index is 10.8. The predicted molar refractivity (Wildman–Crippen MR) is 103 cm³/mol. The van der Waals surface area contributed by atoms with Gasteiger partial charge in [-0.3, -0.25) is 4.52 Å². The summed E-state index contributed by atoms with van der Waals surface area (Å²) in [5.41, 5.74) is 6.03. The molecule has 0 saturated heterocycles. The largest absolute Gasteiger partial charge is 0.508 e. The van der Waals surface area contributed by atoms with Crippen molar-refractivity contribution in [3.8, 4) is 5.75 Å². The van der Waals surface area contributed by atoms with E-state index in [4.69, 9.17) is 27.1 Å². The molecule has 0 saturated carbocycles. The Labute approximate surface area is 161 Å². The zero-order valence-corrected chi connectivity index (χ0v) is 16.6. The number of hydrogen-bond donors (Lipinski definition) is 4. The lowest BCUT2D eigenvalue weighted by molar-refractivity contribution is 0.154. The van der Waals surface area contributed by atoms with Crippen LogP contribution in [0.1, 0.15) is 18.9 Å². The van der Waals surface area contributed by atoms with E-state index in [1.54, 1.807) is 25.1 Å². The van der Waals surface area contributed by atoms with Crippen molar-refractivity contribution in [2.75, 3.05) is 6.61 Å². The van der Waals surface area contributed by atoms with Crippen LogP contribution in [-0.4, -0.2) is 27.0 Å². The Morgan fingerprint density at radius 3 is 2.54 bits per heavy atom. The van der Waals surface area contributed by atoms with Crippen molar-refractivity contribution >= 4 is 31.2 Å². The van der Waals surface area contributed by atoms with E-state index < -0.39 is 13.4 Å². The molecule has 0 bridgehead atoms. The van der Waals surface area contributed by atoms with Crippen LogP contribution in [0.25, 0.3) is 0 Å². The van der Waals surface area contributed by atoms with Gasteiger partial charge in [-0.05, 0) is 55.7 Å². The molecule has 142 valence electrons. The van der Waals surface area contributed by atoms with Gasteiger partial charge in [-0.1, -0.05) is 35.5 Å². The van der Waals surface area contributed by atoms with Crippen molar-refractivity contribution in [2.24, 2.45) is 5.73 Å². The van der Waals surface area contributed by atoms with Crippen LogP contribution in [0.3, 0.4) is 0 Å². The maximum atomic E-state index is 10.8. The normalized spacial score (nSPS) is 14.2. The number of phosphoric acid groups is 1. The van der Waals surface area contributed by atoms with Gasteiger partial charge in [-0.2, -0.15) is 0 Å². The van der Waals surface area contributed by atoms with E-state index in [1.807, 2.05) is 24.3 Å². The first kappa shape index (κ1) is 21.3. The summed E-state index contributed by atoms with van der Waals surface area (Å²) < 4.78 is 15.3. The highest BCUT2D eigenvalue weighted by molar-refractivity contribution is 7.99. The van der Waals surface area contributed by atoms with E-state index in [0.717, 1.165) is 15.4 Å². The number of hydrogen-bond acceptors (Lipinski definition) is 5. The Hall–Kier alpha value is -1.05. The lowest BCUT2D eigenvalue weighted by atomic mass is 9.95. The molecule has 2 aromatic carbocycles. The summed E-state index contributed by atoms with van der Waals surface area (Å²) >= 11 is 7.83. The molecule has 5 N–H and O–H groups in total. The van der Waals surface area contributed by atoms with Gasteiger partial charge in [0.05, 0.1) is 6.61 Å². The van der Waals surface area contributed by atoms with E-state index in [1.165, 1.54) is 11.8 Å². The molecule has 0 aromatic heterocycles. The molecule has 0 heterocycles. The van der Waals surface area contributed by atoms with Crippen molar-refractivity contribution in [1.29, 1.82) is 0 Å². The second kappa shape index (κ2) is 8.76. The number of aryl methyl sites for hydroxylation is 1. The number of benzene rings is 2. The van der Waals surface area contributed by atoms with E-state index in [2.05, 4.69) is 4.52 Å². The molecule has 2 aromatic rings. The number of phosphoric ester groups is 1. The van der Waals surface area contributed by atoms with Crippen molar-refractivity contribution in [3.05, 3.63) is 53.1 Å². The Bertz CT molecular complexity index is 811. The minimum atomic E-state index is -4.54. The molecule has 0 aliphatic carbocycles. The SMILES string of the molecule is C[C@](N)(CCc1ccc(Sc2cccc(O)c2)cc1Cl)COP(=O)(O)O. The number of phenols is 1. The van der Waals surface area contributed by atoms with Gasteiger partial charge < -0.3 is 20.6 Å². The Morgan fingerprint density at radius 2 is 1.92 bits per heavy atom. The Morgan fingerprint density at radius 1 is 1.23 bits per heavy atom. The van der Waals surface area contributed by atoms with Crippen LogP contribution in [0, 0.1) is 0 Å². The van der Waals surface area contributed by atoms with Crippen molar-refractivity contribution in [3.63, 3.8) is 0 Å². The second-order valence-corrected chi connectivity index (χ2v) is 9.06. The van der Waals surface area contributed by atoms with Crippen LogP contribution in [0.5, 0.6) is 5.75 Å². The van der Waals surface area contributed by atoms with Crippen molar-refractivity contribution in [2.45, 2.75) is 35.1 Å². The molecule has 0 radical (unpaired) electrons. The first-order chi connectivity index (χ1) is 12.0. The molecular formula is C17H21ClNO5PS. The zero-order chi connectivity index (χ0) is 19.4. The number of phenolic OH excluding ortho intramolecular Hbond substituents is 1. The van der Waals surface area contributed by atoms with E-state index in [9.17, 15) is 9.67 Å². The molecule has 6 nitrogen and oxygen atoms in total. The van der Waals surface area contributed by atoms with Gasteiger partial charge in [0, 0.05) is 20.4 Å². The van der Waals surface area contributed by atoms with Crippen LogP contribution in [0.15, 0.2) is 52.3 Å². The standard InChI is InChI=1S/C17H21ClNO5PS/c1-17(19,11-24-25(21,22)23)8-7-12-5-6-15(10-16(12)18)26-14-4-2-3-13(20)9-14/h2-6,9-10,20H,7-8,11,19H2,1H3,(H2,21,22,23)/t17-/m0/s1. The van der Waals surface area contributed by atoms with Gasteiger partial charge in [0.25, 0.3) is 0 Å². The lowest BCUT2D eigenvalue weighted by Gasteiger charge is -2.24. The van der Waals surface area contributed by atoms with Crippen molar-refractivity contribution < 1.29 is 24.0 Å². The van der Waals surface area contributed by atoms with Gasteiger partial charge >= 0.3 is 7.82 Å². The first-order valence-corrected chi connectivity index (χ1v) is 10.5. The lowest BCUT2D eigenvalue weighted by Crippen LogP contribution is -2.41. The summed E-state index contributed by atoms with van der Waals surface area (Å²) in [7, 11) is -4.54. The van der Waals surface area contributed by atoms with E-state index in [-0.39, 0.29) is 12.4 Å². The van der Waals surface area contributed by atoms with Crippen LogP contribution in [0.4, 0.5) is 0 Å². The molecule has 2 rings (SSSR count). The summed E-state index contributed by atoms with van der Waals surface area (Å²) in [5, 5.41) is 10.1. The number of rotatable bonds is 8. The van der Waals surface area contributed by atoms with Crippen LogP contribution < -0.4 is 5.73 Å². The highest BCUT2D eigenvalue weighted by Gasteiger charge is 2.24. The average molecular weight is 418 g/mol. The minimum absolute atomic E-state index is 0.206. The molecule has 0 unspecified atom stereocenters. The fourth-order valence-corrected chi connectivity index (χ4v) is 3.92. The first-order valence-electron chi connectivity index (χ1n) is 7.78.